The van der Waals surface area contributed by atoms with Crippen LogP contribution in [-0.2, 0) is 4.79 Å². The number of nitrogens with one attached hydrogen (secondary N) is 2. The predicted octanol–water partition coefficient (Wildman–Crippen LogP) is 2.56. The third-order valence-electron chi connectivity index (χ3n) is 2.70. The molecule has 6 nitrogen and oxygen atoms in total. The van der Waals surface area contributed by atoms with Gasteiger partial charge in [-0.05, 0) is 24.5 Å². The van der Waals surface area contributed by atoms with Crippen molar-refractivity contribution in [2.45, 2.75) is 26.7 Å². The van der Waals surface area contributed by atoms with Crippen LogP contribution in [0.1, 0.15) is 26.7 Å². The lowest BCUT2D eigenvalue weighted by molar-refractivity contribution is -0.384. The number of hydrogen-bond donors (Lipinski definition) is 2. The molecule has 0 unspecified atom stereocenters. The number of anilines is 1. The van der Waals surface area contributed by atoms with E-state index in [-0.39, 0.29) is 11.6 Å². The van der Waals surface area contributed by atoms with Crippen molar-refractivity contribution < 1.29 is 9.72 Å². The van der Waals surface area contributed by atoms with Gasteiger partial charge < -0.3 is 10.6 Å². The second-order valence-corrected chi connectivity index (χ2v) is 5.03. The van der Waals surface area contributed by atoms with E-state index in [1.807, 2.05) is 0 Å². The first-order valence-electron chi connectivity index (χ1n) is 6.74. The molecule has 0 aliphatic heterocycles. The molecule has 1 aromatic rings. The molecule has 0 aliphatic carbocycles. The molecule has 0 radical (unpaired) electrons. The number of carbonyl (C=O) groups excluding carboxylic acids is 1. The summed E-state index contributed by atoms with van der Waals surface area (Å²) in [6.07, 6.45) is 1.20. The molecule has 2 N–H and O–H groups in total. The molecule has 0 saturated carbocycles. The number of amides is 1. The van der Waals surface area contributed by atoms with E-state index in [4.69, 9.17) is 0 Å². The van der Waals surface area contributed by atoms with Crippen molar-refractivity contribution in [1.82, 2.24) is 5.32 Å². The Hall–Kier alpha value is -2.11. The summed E-state index contributed by atoms with van der Waals surface area (Å²) in [6, 6.07) is 6.24. The van der Waals surface area contributed by atoms with Gasteiger partial charge in [-0.15, -0.1) is 0 Å². The second kappa shape index (κ2) is 8.14. The van der Waals surface area contributed by atoms with Crippen molar-refractivity contribution in [1.29, 1.82) is 0 Å². The zero-order chi connectivity index (χ0) is 15.0. The molecular formula is C14H21N3O3. The number of nitro benzene ring substituents is 1. The highest BCUT2D eigenvalue weighted by molar-refractivity contribution is 5.75. The molecule has 6 heteroatoms. The Morgan fingerprint density at radius 2 is 1.95 bits per heavy atom. The average molecular weight is 279 g/mol. The molecule has 0 fully saturated rings. The summed E-state index contributed by atoms with van der Waals surface area (Å²) >= 11 is 0. The van der Waals surface area contributed by atoms with Crippen molar-refractivity contribution in [3.8, 4) is 0 Å². The summed E-state index contributed by atoms with van der Waals surface area (Å²) in [4.78, 5) is 21.5. The van der Waals surface area contributed by atoms with Crippen LogP contribution in [0.2, 0.25) is 0 Å². The highest BCUT2D eigenvalue weighted by Gasteiger charge is 2.04. The van der Waals surface area contributed by atoms with E-state index in [1.165, 1.54) is 12.1 Å². The minimum absolute atomic E-state index is 0.0594. The fourth-order valence-corrected chi connectivity index (χ4v) is 1.59. The summed E-state index contributed by atoms with van der Waals surface area (Å²) < 4.78 is 0. The van der Waals surface area contributed by atoms with E-state index in [2.05, 4.69) is 24.5 Å². The lowest BCUT2D eigenvalue weighted by Crippen LogP contribution is -2.27. The van der Waals surface area contributed by atoms with Gasteiger partial charge in [-0.1, -0.05) is 13.8 Å². The average Bonchev–Trinajstić information content (AvgIpc) is 2.42. The minimum atomic E-state index is -0.428. The van der Waals surface area contributed by atoms with Crippen LogP contribution < -0.4 is 10.6 Å². The molecule has 0 saturated heterocycles. The van der Waals surface area contributed by atoms with Crippen LogP contribution in [0.5, 0.6) is 0 Å². The first-order chi connectivity index (χ1) is 9.49. The molecule has 110 valence electrons. The zero-order valence-corrected chi connectivity index (χ0v) is 11.9. The highest BCUT2D eigenvalue weighted by Crippen LogP contribution is 2.15. The van der Waals surface area contributed by atoms with Gasteiger partial charge in [0.1, 0.15) is 0 Å². The van der Waals surface area contributed by atoms with Gasteiger partial charge in [-0.25, -0.2) is 0 Å². The van der Waals surface area contributed by atoms with Crippen LogP contribution in [0.3, 0.4) is 0 Å². The van der Waals surface area contributed by atoms with Gasteiger partial charge in [-0.3, -0.25) is 14.9 Å². The number of non-ortho nitro benzene ring substituents is 1. The molecule has 0 aromatic heterocycles. The molecular weight excluding hydrogens is 258 g/mol. The van der Waals surface area contributed by atoms with Crippen LogP contribution in [0.15, 0.2) is 24.3 Å². The van der Waals surface area contributed by atoms with Gasteiger partial charge in [0.25, 0.3) is 5.69 Å². The number of hydrogen-bond acceptors (Lipinski definition) is 4. The van der Waals surface area contributed by atoms with E-state index in [0.717, 1.165) is 12.1 Å². The summed E-state index contributed by atoms with van der Waals surface area (Å²) in [7, 11) is 0. The Morgan fingerprint density at radius 3 is 2.50 bits per heavy atom. The highest BCUT2D eigenvalue weighted by atomic mass is 16.6. The largest absolute Gasteiger partial charge is 0.385 e. The van der Waals surface area contributed by atoms with E-state index >= 15 is 0 Å². The molecule has 0 aliphatic rings. The van der Waals surface area contributed by atoms with Crippen molar-refractivity contribution in [3.63, 3.8) is 0 Å². The fraction of sp³-hybridized carbons (Fsp3) is 0.500. The summed E-state index contributed by atoms with van der Waals surface area (Å²) in [5.41, 5.74) is 0.891. The van der Waals surface area contributed by atoms with Gasteiger partial charge in [0.2, 0.25) is 5.91 Å². The smallest absolute Gasteiger partial charge is 0.269 e. The number of nitro groups is 1. The van der Waals surface area contributed by atoms with Gasteiger partial charge in [-0.2, -0.15) is 0 Å². The molecule has 0 heterocycles. The Kier molecular flexibility index (Phi) is 6.49. The lowest BCUT2D eigenvalue weighted by atomic mass is 10.2. The van der Waals surface area contributed by atoms with E-state index in [9.17, 15) is 14.9 Å². The van der Waals surface area contributed by atoms with E-state index in [1.54, 1.807) is 12.1 Å². The molecule has 0 atom stereocenters. The second-order valence-electron chi connectivity index (χ2n) is 5.03. The molecule has 1 aromatic carbocycles. The van der Waals surface area contributed by atoms with Crippen molar-refractivity contribution in [3.05, 3.63) is 34.4 Å². The van der Waals surface area contributed by atoms with Crippen LogP contribution in [0.4, 0.5) is 11.4 Å². The van der Waals surface area contributed by atoms with Gasteiger partial charge in [0, 0.05) is 37.3 Å². The van der Waals surface area contributed by atoms with Gasteiger partial charge in [0.15, 0.2) is 0 Å². The lowest BCUT2D eigenvalue weighted by Gasteiger charge is -2.08. The first kappa shape index (κ1) is 15.9. The van der Waals surface area contributed by atoms with Gasteiger partial charge in [0.05, 0.1) is 4.92 Å². The first-order valence-corrected chi connectivity index (χ1v) is 6.74. The number of nitrogens with zero attached hydrogens (tertiary/aromatic N) is 1. The SMILES string of the molecule is CC(C)CNC(=O)CCCNc1ccc([N+](=O)[O-])cc1. The summed E-state index contributed by atoms with van der Waals surface area (Å²) in [5, 5.41) is 16.5. The van der Waals surface area contributed by atoms with Crippen LogP contribution in [0, 0.1) is 16.0 Å². The summed E-state index contributed by atoms with van der Waals surface area (Å²) in [5.74, 6) is 0.515. The monoisotopic (exact) mass is 279 g/mol. The van der Waals surface area contributed by atoms with Crippen LogP contribution in [-0.4, -0.2) is 23.9 Å². The predicted molar refractivity (Wildman–Crippen MR) is 78.7 cm³/mol. The van der Waals surface area contributed by atoms with E-state index in [0.29, 0.717) is 25.4 Å². The molecule has 0 bridgehead atoms. The maximum absolute atomic E-state index is 11.5. The number of carbonyl (C=O) groups is 1. The van der Waals surface area contributed by atoms with Crippen LogP contribution in [0.25, 0.3) is 0 Å². The number of benzene rings is 1. The van der Waals surface area contributed by atoms with Crippen LogP contribution >= 0.6 is 0 Å². The van der Waals surface area contributed by atoms with Crippen molar-refractivity contribution in [2.24, 2.45) is 5.92 Å². The summed E-state index contributed by atoms with van der Waals surface area (Å²) in [6.45, 7) is 5.47. The Morgan fingerprint density at radius 1 is 1.30 bits per heavy atom. The standard InChI is InChI=1S/C14H21N3O3/c1-11(2)10-16-14(18)4-3-9-15-12-5-7-13(8-6-12)17(19)20/h5-8,11,15H,3-4,9-10H2,1-2H3,(H,16,18). The quantitative estimate of drug-likeness (QED) is 0.435. The topological polar surface area (TPSA) is 84.3 Å². The van der Waals surface area contributed by atoms with Crippen molar-refractivity contribution >= 4 is 17.3 Å². The molecule has 1 amide bonds. The Balaban J connectivity index is 2.21. The Bertz CT molecular complexity index is 443. The zero-order valence-electron chi connectivity index (χ0n) is 11.9. The maximum atomic E-state index is 11.5. The Labute approximate surface area is 118 Å². The minimum Gasteiger partial charge on any atom is -0.385 e. The van der Waals surface area contributed by atoms with Crippen molar-refractivity contribution in [2.75, 3.05) is 18.4 Å². The molecule has 20 heavy (non-hydrogen) atoms. The maximum Gasteiger partial charge on any atom is 0.269 e. The normalized spacial score (nSPS) is 10.3. The fourth-order valence-electron chi connectivity index (χ4n) is 1.59. The molecule has 0 spiro atoms. The van der Waals surface area contributed by atoms with E-state index < -0.39 is 4.92 Å². The number of rotatable bonds is 8. The van der Waals surface area contributed by atoms with Gasteiger partial charge >= 0.3 is 0 Å². The third-order valence-corrected chi connectivity index (χ3v) is 2.70. The molecule has 1 rings (SSSR count). The third kappa shape index (κ3) is 6.17.